The second-order valence-corrected chi connectivity index (χ2v) is 5.05. The molecule has 1 aliphatic rings. The molecule has 0 spiro atoms. The summed E-state index contributed by atoms with van der Waals surface area (Å²) in [6, 6.07) is 4.69. The Labute approximate surface area is 121 Å². The first-order valence-electron chi connectivity index (χ1n) is 6.81. The zero-order valence-electron chi connectivity index (χ0n) is 11.6. The lowest BCUT2D eigenvalue weighted by Crippen LogP contribution is -2.14. The van der Waals surface area contributed by atoms with E-state index in [0.29, 0.717) is 17.0 Å². The number of nitrogens with one attached hydrogen (secondary N) is 2. The summed E-state index contributed by atoms with van der Waals surface area (Å²) in [6.07, 6.45) is 2.02. The number of aromatic hydroxyl groups is 1. The SMILES string of the molecule is Cc1cc(O)ccc1C(=O)Nc1nnc(C2CCCN2)o1. The normalized spacial score (nSPS) is 17.9. The molecule has 0 bridgehead atoms. The Kier molecular flexibility index (Phi) is 3.57. The van der Waals surface area contributed by atoms with Crippen molar-refractivity contribution < 1.29 is 14.3 Å². The van der Waals surface area contributed by atoms with Crippen molar-refractivity contribution in [1.29, 1.82) is 0 Å². The fourth-order valence-corrected chi connectivity index (χ4v) is 2.39. The Hall–Kier alpha value is -2.41. The van der Waals surface area contributed by atoms with Crippen molar-refractivity contribution in [3.05, 3.63) is 35.2 Å². The third-order valence-corrected chi connectivity index (χ3v) is 3.47. The summed E-state index contributed by atoms with van der Waals surface area (Å²) in [7, 11) is 0. The van der Waals surface area contributed by atoms with Gasteiger partial charge in [-0.2, -0.15) is 0 Å². The minimum atomic E-state index is -0.345. The monoisotopic (exact) mass is 288 g/mol. The lowest BCUT2D eigenvalue weighted by molar-refractivity contribution is 0.102. The first-order valence-corrected chi connectivity index (χ1v) is 6.81. The largest absolute Gasteiger partial charge is 0.508 e. The van der Waals surface area contributed by atoms with Crippen molar-refractivity contribution in [3.63, 3.8) is 0 Å². The Morgan fingerprint density at radius 3 is 3.05 bits per heavy atom. The highest BCUT2D eigenvalue weighted by molar-refractivity contribution is 6.04. The molecule has 3 N–H and O–H groups in total. The predicted molar refractivity (Wildman–Crippen MR) is 75.1 cm³/mol. The molecule has 0 aliphatic carbocycles. The summed E-state index contributed by atoms with van der Waals surface area (Å²) in [5, 5.41) is 23.0. The maximum absolute atomic E-state index is 12.1. The minimum Gasteiger partial charge on any atom is -0.508 e. The Morgan fingerprint density at radius 2 is 2.33 bits per heavy atom. The summed E-state index contributed by atoms with van der Waals surface area (Å²) in [5.41, 5.74) is 1.12. The van der Waals surface area contributed by atoms with Gasteiger partial charge in [-0.25, -0.2) is 0 Å². The minimum absolute atomic E-state index is 0.0681. The number of hydrogen-bond acceptors (Lipinski definition) is 6. The van der Waals surface area contributed by atoms with Crippen LogP contribution < -0.4 is 10.6 Å². The van der Waals surface area contributed by atoms with Crippen LogP contribution in [0.25, 0.3) is 0 Å². The van der Waals surface area contributed by atoms with E-state index in [2.05, 4.69) is 20.8 Å². The molecule has 1 aromatic heterocycles. The quantitative estimate of drug-likeness (QED) is 0.795. The Bertz CT molecular complexity index is 662. The number of hydrogen-bond donors (Lipinski definition) is 3. The number of amides is 1. The smallest absolute Gasteiger partial charge is 0.322 e. The van der Waals surface area contributed by atoms with Gasteiger partial charge in [0.2, 0.25) is 5.89 Å². The third kappa shape index (κ3) is 2.87. The molecule has 0 radical (unpaired) electrons. The maximum atomic E-state index is 12.1. The van der Waals surface area contributed by atoms with Gasteiger partial charge in [-0.05, 0) is 50.1 Å². The summed E-state index contributed by atoms with van der Waals surface area (Å²) in [5.74, 6) is 0.267. The molecule has 2 heterocycles. The van der Waals surface area contributed by atoms with Crippen LogP contribution in [0.2, 0.25) is 0 Å². The van der Waals surface area contributed by atoms with E-state index in [4.69, 9.17) is 4.42 Å². The van der Waals surface area contributed by atoms with E-state index < -0.39 is 0 Å². The van der Waals surface area contributed by atoms with Crippen LogP contribution in [0, 0.1) is 6.92 Å². The van der Waals surface area contributed by atoms with Crippen LogP contribution >= 0.6 is 0 Å². The second kappa shape index (κ2) is 5.53. The highest BCUT2D eigenvalue weighted by atomic mass is 16.4. The van der Waals surface area contributed by atoms with Crippen molar-refractivity contribution >= 4 is 11.9 Å². The summed E-state index contributed by atoms with van der Waals surface area (Å²) < 4.78 is 5.46. The number of benzene rings is 1. The third-order valence-electron chi connectivity index (χ3n) is 3.47. The van der Waals surface area contributed by atoms with Crippen molar-refractivity contribution in [2.45, 2.75) is 25.8 Å². The number of carbonyl (C=O) groups excluding carboxylic acids is 1. The van der Waals surface area contributed by atoms with E-state index in [0.717, 1.165) is 19.4 Å². The highest BCUT2D eigenvalue weighted by Gasteiger charge is 2.22. The first-order chi connectivity index (χ1) is 10.1. The molecular formula is C14H16N4O3. The second-order valence-electron chi connectivity index (χ2n) is 5.05. The topological polar surface area (TPSA) is 100 Å². The van der Waals surface area contributed by atoms with Gasteiger partial charge in [0.05, 0.1) is 6.04 Å². The van der Waals surface area contributed by atoms with Gasteiger partial charge < -0.3 is 14.8 Å². The number of anilines is 1. The van der Waals surface area contributed by atoms with Gasteiger partial charge >= 0.3 is 6.01 Å². The van der Waals surface area contributed by atoms with E-state index in [1.807, 2.05) is 0 Å². The van der Waals surface area contributed by atoms with E-state index >= 15 is 0 Å². The molecule has 2 aromatic rings. The molecule has 1 fully saturated rings. The molecular weight excluding hydrogens is 272 g/mol. The Balaban J connectivity index is 1.72. The molecule has 110 valence electrons. The van der Waals surface area contributed by atoms with Gasteiger partial charge in [0, 0.05) is 5.56 Å². The van der Waals surface area contributed by atoms with E-state index in [1.54, 1.807) is 13.0 Å². The lowest BCUT2D eigenvalue weighted by Gasteiger charge is -2.05. The van der Waals surface area contributed by atoms with Crippen molar-refractivity contribution in [2.75, 3.05) is 11.9 Å². The van der Waals surface area contributed by atoms with Gasteiger partial charge in [0.25, 0.3) is 5.91 Å². The van der Waals surface area contributed by atoms with Crippen LogP contribution in [-0.2, 0) is 0 Å². The molecule has 1 atom stereocenters. The number of phenolic OH excluding ortho intramolecular Hbond substituents is 1. The van der Waals surface area contributed by atoms with E-state index in [1.165, 1.54) is 12.1 Å². The van der Waals surface area contributed by atoms with Crippen molar-refractivity contribution in [1.82, 2.24) is 15.5 Å². The molecule has 1 saturated heterocycles. The van der Waals surface area contributed by atoms with Crippen LogP contribution in [0.15, 0.2) is 22.6 Å². The van der Waals surface area contributed by atoms with Crippen LogP contribution in [0.5, 0.6) is 5.75 Å². The predicted octanol–water partition coefficient (Wildman–Crippen LogP) is 1.76. The van der Waals surface area contributed by atoms with E-state index in [9.17, 15) is 9.90 Å². The standard InChI is InChI=1S/C14H16N4O3/c1-8-7-9(19)4-5-10(8)12(20)16-14-18-17-13(21-14)11-3-2-6-15-11/h4-5,7,11,15,19H,2-3,6H2,1H3,(H,16,18,20). The first kappa shape index (κ1) is 13.6. The lowest BCUT2D eigenvalue weighted by atomic mass is 10.1. The van der Waals surface area contributed by atoms with Gasteiger partial charge in [-0.1, -0.05) is 5.10 Å². The zero-order chi connectivity index (χ0) is 14.8. The maximum Gasteiger partial charge on any atom is 0.322 e. The van der Waals surface area contributed by atoms with Crippen LogP contribution in [0.4, 0.5) is 6.01 Å². The fourth-order valence-electron chi connectivity index (χ4n) is 2.39. The fraction of sp³-hybridized carbons (Fsp3) is 0.357. The average Bonchev–Trinajstić information content (AvgIpc) is 3.08. The highest BCUT2D eigenvalue weighted by Crippen LogP contribution is 2.23. The summed E-state index contributed by atoms with van der Waals surface area (Å²) in [6.45, 7) is 2.68. The summed E-state index contributed by atoms with van der Waals surface area (Å²) >= 11 is 0. The molecule has 7 heteroatoms. The number of carbonyl (C=O) groups is 1. The van der Waals surface area contributed by atoms with E-state index in [-0.39, 0.29) is 23.7 Å². The van der Waals surface area contributed by atoms with Crippen LogP contribution in [0.1, 0.15) is 40.7 Å². The van der Waals surface area contributed by atoms with Gasteiger partial charge in [-0.3, -0.25) is 10.1 Å². The molecule has 21 heavy (non-hydrogen) atoms. The van der Waals surface area contributed by atoms with Crippen molar-refractivity contribution in [2.24, 2.45) is 0 Å². The summed E-state index contributed by atoms with van der Waals surface area (Å²) in [4.78, 5) is 12.1. The molecule has 7 nitrogen and oxygen atoms in total. The zero-order valence-corrected chi connectivity index (χ0v) is 11.6. The number of phenols is 1. The van der Waals surface area contributed by atoms with Gasteiger partial charge in [-0.15, -0.1) is 5.10 Å². The van der Waals surface area contributed by atoms with Crippen LogP contribution in [0.3, 0.4) is 0 Å². The van der Waals surface area contributed by atoms with Crippen molar-refractivity contribution in [3.8, 4) is 5.75 Å². The molecule has 1 amide bonds. The number of rotatable bonds is 3. The molecule has 3 rings (SSSR count). The number of nitrogens with zero attached hydrogens (tertiary/aromatic N) is 2. The molecule has 1 unspecified atom stereocenters. The Morgan fingerprint density at radius 1 is 1.48 bits per heavy atom. The van der Waals surface area contributed by atoms with Gasteiger partial charge in [0.1, 0.15) is 5.75 Å². The number of aryl methyl sites for hydroxylation is 1. The van der Waals surface area contributed by atoms with Crippen LogP contribution in [-0.4, -0.2) is 27.8 Å². The average molecular weight is 288 g/mol. The number of aromatic nitrogens is 2. The molecule has 1 aliphatic heterocycles. The molecule has 0 saturated carbocycles. The van der Waals surface area contributed by atoms with Gasteiger partial charge in [0.15, 0.2) is 0 Å². The molecule has 1 aromatic carbocycles.